The molecule has 0 N–H and O–H groups in total. The molecule has 0 aliphatic carbocycles. The number of para-hydroxylation sites is 1. The number of fused-ring (bicyclic) bond motifs is 1. The first-order chi connectivity index (χ1) is 17.1. The maximum absolute atomic E-state index is 12.9. The molecule has 0 radical (unpaired) electrons. The molecule has 0 unspecified atom stereocenters. The standard InChI is InChI=1S/C23H19ClN6O4S/c1-32-17-5-3-4-16(19(17)33-2)20-26-18(34-28-20)12-30-23(31)29-11-10-25-22(21(29)27-30)35-13-14-6-8-15(24)9-7-14/h3-11H,12-13H2,1-2H3. The van der Waals surface area contributed by atoms with Crippen molar-refractivity contribution in [3.05, 3.63) is 81.8 Å². The average Bonchev–Trinajstić information content (AvgIpc) is 3.48. The Labute approximate surface area is 208 Å². The Hall–Kier alpha value is -3.83. The first kappa shape index (κ1) is 22.9. The largest absolute Gasteiger partial charge is 0.493 e. The molecular formula is C23H19ClN6O4S. The summed E-state index contributed by atoms with van der Waals surface area (Å²) >= 11 is 7.44. The van der Waals surface area contributed by atoms with E-state index in [9.17, 15) is 4.79 Å². The Morgan fingerprint density at radius 2 is 1.94 bits per heavy atom. The molecule has 0 spiro atoms. The molecule has 0 aliphatic rings. The summed E-state index contributed by atoms with van der Waals surface area (Å²) in [6.45, 7) is 0.00108. The van der Waals surface area contributed by atoms with Crippen molar-refractivity contribution in [3.63, 3.8) is 0 Å². The van der Waals surface area contributed by atoms with Crippen LogP contribution in [-0.4, -0.2) is 43.5 Å². The number of thioether (sulfide) groups is 1. The summed E-state index contributed by atoms with van der Waals surface area (Å²) in [6.07, 6.45) is 3.15. The lowest BCUT2D eigenvalue weighted by Crippen LogP contribution is -2.21. The molecule has 0 amide bonds. The van der Waals surface area contributed by atoms with Gasteiger partial charge in [-0.15, -0.1) is 5.10 Å². The van der Waals surface area contributed by atoms with E-state index in [1.807, 2.05) is 24.3 Å². The van der Waals surface area contributed by atoms with Crippen LogP contribution in [0.3, 0.4) is 0 Å². The van der Waals surface area contributed by atoms with E-state index in [0.29, 0.717) is 44.3 Å². The number of benzene rings is 2. The van der Waals surface area contributed by atoms with E-state index in [1.54, 1.807) is 37.7 Å². The zero-order valence-corrected chi connectivity index (χ0v) is 20.3. The van der Waals surface area contributed by atoms with Crippen LogP contribution in [0.15, 0.2) is 69.2 Å². The fourth-order valence-electron chi connectivity index (χ4n) is 3.48. The van der Waals surface area contributed by atoms with Crippen molar-refractivity contribution in [3.8, 4) is 22.9 Å². The van der Waals surface area contributed by atoms with Crippen molar-refractivity contribution < 1.29 is 14.0 Å². The number of rotatable bonds is 8. The molecule has 12 heteroatoms. The summed E-state index contributed by atoms with van der Waals surface area (Å²) in [5, 5.41) is 9.82. The lowest BCUT2D eigenvalue weighted by Gasteiger charge is -2.09. The third-order valence-corrected chi connectivity index (χ3v) is 6.45. The van der Waals surface area contributed by atoms with Crippen molar-refractivity contribution in [1.82, 2.24) is 29.3 Å². The molecule has 0 atom stereocenters. The minimum absolute atomic E-state index is 0.00108. The molecule has 0 saturated carbocycles. The summed E-state index contributed by atoms with van der Waals surface area (Å²) < 4.78 is 18.9. The van der Waals surface area contributed by atoms with Gasteiger partial charge in [-0.1, -0.05) is 46.7 Å². The van der Waals surface area contributed by atoms with Gasteiger partial charge in [0.25, 0.3) is 0 Å². The Bertz CT molecular complexity index is 1550. The van der Waals surface area contributed by atoms with Crippen LogP contribution in [0.5, 0.6) is 11.5 Å². The van der Waals surface area contributed by atoms with E-state index >= 15 is 0 Å². The van der Waals surface area contributed by atoms with Gasteiger partial charge in [0, 0.05) is 23.2 Å². The molecule has 0 saturated heterocycles. The van der Waals surface area contributed by atoms with Gasteiger partial charge in [-0.25, -0.2) is 18.9 Å². The zero-order chi connectivity index (χ0) is 24.4. The van der Waals surface area contributed by atoms with Crippen LogP contribution in [0, 0.1) is 0 Å². The molecule has 5 rings (SSSR count). The second-order valence-corrected chi connectivity index (χ2v) is 8.73. The molecule has 0 fully saturated rings. The minimum Gasteiger partial charge on any atom is -0.493 e. The summed E-state index contributed by atoms with van der Waals surface area (Å²) in [5.74, 6) is 2.22. The van der Waals surface area contributed by atoms with Gasteiger partial charge in [0.05, 0.1) is 19.8 Å². The highest BCUT2D eigenvalue weighted by Crippen LogP contribution is 2.36. The summed E-state index contributed by atoms with van der Waals surface area (Å²) in [6, 6.07) is 12.9. The molecule has 178 valence electrons. The van der Waals surface area contributed by atoms with Gasteiger partial charge in [0.15, 0.2) is 17.1 Å². The lowest BCUT2D eigenvalue weighted by molar-refractivity contribution is 0.354. The zero-order valence-electron chi connectivity index (χ0n) is 18.7. The number of hydrogen-bond acceptors (Lipinski definition) is 9. The van der Waals surface area contributed by atoms with E-state index in [4.69, 9.17) is 25.6 Å². The van der Waals surface area contributed by atoms with E-state index in [-0.39, 0.29) is 18.1 Å². The van der Waals surface area contributed by atoms with E-state index in [0.717, 1.165) is 5.56 Å². The SMILES string of the molecule is COc1cccc(-c2noc(Cn3nc4c(SCc5ccc(Cl)cc5)nccn4c3=O)n2)c1OC. The number of methoxy groups -OCH3 is 2. The van der Waals surface area contributed by atoms with Crippen LogP contribution in [-0.2, 0) is 12.3 Å². The summed E-state index contributed by atoms with van der Waals surface area (Å²) in [5.41, 5.74) is 1.80. The normalized spacial score (nSPS) is 11.2. The van der Waals surface area contributed by atoms with Gasteiger partial charge in [0.2, 0.25) is 11.7 Å². The van der Waals surface area contributed by atoms with E-state index in [1.165, 1.54) is 28.0 Å². The molecule has 2 aromatic carbocycles. The second kappa shape index (κ2) is 9.80. The Morgan fingerprint density at radius 1 is 1.11 bits per heavy atom. The fraction of sp³-hybridized carbons (Fsp3) is 0.174. The molecule has 35 heavy (non-hydrogen) atoms. The minimum atomic E-state index is -0.338. The molecule has 3 heterocycles. The number of aromatic nitrogens is 6. The maximum atomic E-state index is 12.9. The van der Waals surface area contributed by atoms with Crippen LogP contribution >= 0.6 is 23.4 Å². The third-order valence-electron chi connectivity index (χ3n) is 5.16. The van der Waals surface area contributed by atoms with Gasteiger partial charge >= 0.3 is 5.69 Å². The van der Waals surface area contributed by atoms with Crippen LogP contribution in [0.25, 0.3) is 17.0 Å². The Kier molecular flexibility index (Phi) is 6.43. The number of nitrogens with zero attached hydrogens (tertiary/aromatic N) is 6. The topological polar surface area (TPSA) is 110 Å². The number of hydrogen-bond donors (Lipinski definition) is 0. The highest BCUT2D eigenvalue weighted by atomic mass is 35.5. The second-order valence-electron chi connectivity index (χ2n) is 7.33. The van der Waals surface area contributed by atoms with Crippen molar-refractivity contribution >= 4 is 29.0 Å². The van der Waals surface area contributed by atoms with Crippen LogP contribution < -0.4 is 15.2 Å². The molecule has 10 nitrogen and oxygen atoms in total. The first-order valence-corrected chi connectivity index (χ1v) is 11.8. The van der Waals surface area contributed by atoms with Gasteiger partial charge < -0.3 is 14.0 Å². The van der Waals surface area contributed by atoms with Crippen LogP contribution in [0.2, 0.25) is 5.02 Å². The van der Waals surface area contributed by atoms with Crippen molar-refractivity contribution in [2.75, 3.05) is 14.2 Å². The predicted octanol–water partition coefficient (Wildman–Crippen LogP) is 3.95. The quantitative estimate of drug-likeness (QED) is 0.286. The summed E-state index contributed by atoms with van der Waals surface area (Å²) in [7, 11) is 3.09. The van der Waals surface area contributed by atoms with Crippen LogP contribution in [0.1, 0.15) is 11.5 Å². The Morgan fingerprint density at radius 3 is 2.71 bits per heavy atom. The van der Waals surface area contributed by atoms with Crippen molar-refractivity contribution in [2.45, 2.75) is 17.3 Å². The smallest absolute Gasteiger partial charge is 0.350 e. The summed E-state index contributed by atoms with van der Waals surface area (Å²) in [4.78, 5) is 21.8. The average molecular weight is 511 g/mol. The van der Waals surface area contributed by atoms with Gasteiger partial charge in [0.1, 0.15) is 11.6 Å². The van der Waals surface area contributed by atoms with Crippen LogP contribution in [0.4, 0.5) is 0 Å². The lowest BCUT2D eigenvalue weighted by atomic mass is 10.1. The van der Waals surface area contributed by atoms with Gasteiger partial charge in [-0.2, -0.15) is 4.98 Å². The predicted molar refractivity (Wildman–Crippen MR) is 130 cm³/mol. The molecule has 5 aromatic rings. The molecule has 3 aromatic heterocycles. The van der Waals surface area contributed by atoms with Gasteiger partial charge in [-0.3, -0.25) is 0 Å². The maximum Gasteiger partial charge on any atom is 0.350 e. The van der Waals surface area contributed by atoms with Crippen molar-refractivity contribution in [2.24, 2.45) is 0 Å². The van der Waals surface area contributed by atoms with E-state index < -0.39 is 0 Å². The molecule has 0 aliphatic heterocycles. The highest BCUT2D eigenvalue weighted by Gasteiger charge is 2.19. The monoisotopic (exact) mass is 510 g/mol. The first-order valence-electron chi connectivity index (χ1n) is 10.4. The van der Waals surface area contributed by atoms with Gasteiger partial charge in [-0.05, 0) is 29.8 Å². The van der Waals surface area contributed by atoms with E-state index in [2.05, 4.69) is 20.2 Å². The highest BCUT2D eigenvalue weighted by molar-refractivity contribution is 7.98. The Balaban J connectivity index is 1.40. The van der Waals surface area contributed by atoms with Crippen molar-refractivity contribution in [1.29, 1.82) is 0 Å². The molecular weight excluding hydrogens is 492 g/mol. The molecule has 0 bridgehead atoms. The third kappa shape index (κ3) is 4.60. The fourth-order valence-corrected chi connectivity index (χ4v) is 4.51. The number of halogens is 1. The number of ether oxygens (including phenoxy) is 2.